The lowest BCUT2D eigenvalue weighted by Gasteiger charge is -2.43. The Bertz CT molecular complexity index is 101. The van der Waals surface area contributed by atoms with Crippen LogP contribution in [0.25, 0.3) is 0 Å². The van der Waals surface area contributed by atoms with E-state index in [0.29, 0.717) is 0 Å². The van der Waals surface area contributed by atoms with Crippen molar-refractivity contribution in [3.05, 3.63) is 12.8 Å². The molecule has 1 rings (SSSR count). The fourth-order valence-corrected chi connectivity index (χ4v) is 0.958. The minimum absolute atomic E-state index is 0.450. The van der Waals surface area contributed by atoms with Crippen molar-refractivity contribution in [2.24, 2.45) is 0 Å². The fourth-order valence-electron chi connectivity index (χ4n) is 0.958. The Labute approximate surface area is 49.4 Å². The molecular weight excluding hydrogens is 102 g/mol. The monoisotopic (exact) mass is 113 g/mol. The normalized spacial score (nSPS) is 24.5. The minimum atomic E-state index is -0.450. The average molecular weight is 113 g/mol. The van der Waals surface area contributed by atoms with Gasteiger partial charge in [-0.1, -0.05) is 6.58 Å². The van der Waals surface area contributed by atoms with E-state index in [0.717, 1.165) is 13.1 Å². The van der Waals surface area contributed by atoms with Crippen LogP contribution >= 0.6 is 0 Å². The van der Waals surface area contributed by atoms with Gasteiger partial charge in [-0.2, -0.15) is 0 Å². The van der Waals surface area contributed by atoms with Crippen LogP contribution in [-0.2, 0) is 0 Å². The molecule has 0 aliphatic carbocycles. The Hall–Kier alpha value is -0.500. The van der Waals surface area contributed by atoms with Crippen molar-refractivity contribution in [2.75, 3.05) is 13.1 Å². The molecule has 1 saturated heterocycles. The summed E-state index contributed by atoms with van der Waals surface area (Å²) in [5.41, 5.74) is -0.450. The summed E-state index contributed by atoms with van der Waals surface area (Å²) >= 11 is 0. The maximum atomic E-state index is 9.13. The van der Waals surface area contributed by atoms with Crippen LogP contribution in [0.3, 0.4) is 0 Å². The predicted molar refractivity (Wildman–Crippen MR) is 32.4 cm³/mol. The molecule has 0 unspecified atom stereocenters. The molecule has 0 atom stereocenters. The molecule has 2 heteroatoms. The highest BCUT2D eigenvalue weighted by atomic mass is 16.3. The third kappa shape index (κ3) is 0.842. The van der Waals surface area contributed by atoms with Crippen molar-refractivity contribution >= 4 is 0 Å². The van der Waals surface area contributed by atoms with Gasteiger partial charge in [0, 0.05) is 13.1 Å². The van der Waals surface area contributed by atoms with Crippen LogP contribution in [0.2, 0.25) is 0 Å². The molecule has 0 aromatic carbocycles. The van der Waals surface area contributed by atoms with Crippen LogP contribution in [0.1, 0.15) is 6.92 Å². The number of hydrogen-bond acceptors (Lipinski definition) is 2. The van der Waals surface area contributed by atoms with E-state index in [1.54, 1.807) is 6.20 Å². The first-order valence-electron chi connectivity index (χ1n) is 2.73. The first-order valence-corrected chi connectivity index (χ1v) is 2.73. The highest BCUT2D eigenvalue weighted by Crippen LogP contribution is 2.18. The van der Waals surface area contributed by atoms with Crippen LogP contribution in [-0.4, -0.2) is 28.7 Å². The van der Waals surface area contributed by atoms with Crippen LogP contribution < -0.4 is 0 Å². The predicted octanol–water partition coefficient (Wildman–Crippen LogP) is 0.196. The van der Waals surface area contributed by atoms with Gasteiger partial charge in [-0.05, 0) is 13.1 Å². The summed E-state index contributed by atoms with van der Waals surface area (Å²) in [6.07, 6.45) is 1.75. The quantitative estimate of drug-likeness (QED) is 0.525. The summed E-state index contributed by atoms with van der Waals surface area (Å²) in [6.45, 7) is 6.85. The van der Waals surface area contributed by atoms with Crippen LogP contribution in [0, 0.1) is 0 Å². The van der Waals surface area contributed by atoms with Crippen molar-refractivity contribution < 1.29 is 5.11 Å². The highest BCUT2D eigenvalue weighted by molar-refractivity contribution is 4.95. The van der Waals surface area contributed by atoms with Crippen LogP contribution in [0.4, 0.5) is 0 Å². The number of rotatable bonds is 1. The Morgan fingerprint density at radius 1 is 1.75 bits per heavy atom. The first-order chi connectivity index (χ1) is 3.64. The van der Waals surface area contributed by atoms with Gasteiger partial charge in [0.05, 0.1) is 5.60 Å². The van der Waals surface area contributed by atoms with Gasteiger partial charge in [0.15, 0.2) is 0 Å². The van der Waals surface area contributed by atoms with Gasteiger partial charge < -0.3 is 10.0 Å². The summed E-state index contributed by atoms with van der Waals surface area (Å²) in [5, 5.41) is 9.13. The number of nitrogens with zero attached hydrogens (tertiary/aromatic N) is 1. The molecule has 1 N–H and O–H groups in total. The van der Waals surface area contributed by atoms with Crippen molar-refractivity contribution in [3.63, 3.8) is 0 Å². The molecular formula is C6H11NO. The number of hydrogen-bond donors (Lipinski definition) is 1. The molecule has 0 spiro atoms. The molecule has 1 aliphatic rings. The molecule has 0 aromatic rings. The van der Waals surface area contributed by atoms with E-state index in [1.165, 1.54) is 0 Å². The van der Waals surface area contributed by atoms with E-state index in [1.807, 2.05) is 11.8 Å². The van der Waals surface area contributed by atoms with Crippen molar-refractivity contribution in [2.45, 2.75) is 12.5 Å². The second-order valence-electron chi connectivity index (χ2n) is 2.58. The smallest absolute Gasteiger partial charge is 0.0967 e. The van der Waals surface area contributed by atoms with E-state index in [2.05, 4.69) is 6.58 Å². The average Bonchev–Trinajstić information content (AvgIpc) is 1.60. The van der Waals surface area contributed by atoms with Crippen LogP contribution in [0.5, 0.6) is 0 Å². The molecule has 1 heterocycles. The summed E-state index contributed by atoms with van der Waals surface area (Å²) in [4.78, 5) is 1.97. The maximum Gasteiger partial charge on any atom is 0.0967 e. The largest absolute Gasteiger partial charge is 0.386 e. The second-order valence-corrected chi connectivity index (χ2v) is 2.58. The zero-order chi connectivity index (χ0) is 6.20. The fraction of sp³-hybridized carbons (Fsp3) is 0.667. The molecule has 0 saturated carbocycles. The Morgan fingerprint density at radius 3 is 2.38 bits per heavy atom. The van der Waals surface area contributed by atoms with E-state index in [4.69, 9.17) is 5.11 Å². The summed E-state index contributed by atoms with van der Waals surface area (Å²) in [7, 11) is 0. The third-order valence-electron chi connectivity index (χ3n) is 1.35. The lowest BCUT2D eigenvalue weighted by atomic mass is 9.98. The van der Waals surface area contributed by atoms with Gasteiger partial charge in [0.1, 0.15) is 0 Å². The number of aliphatic hydroxyl groups is 1. The molecule has 0 aromatic heterocycles. The van der Waals surface area contributed by atoms with Gasteiger partial charge >= 0.3 is 0 Å². The Balaban J connectivity index is 2.31. The maximum absolute atomic E-state index is 9.13. The zero-order valence-electron chi connectivity index (χ0n) is 5.09. The summed E-state index contributed by atoms with van der Waals surface area (Å²) in [5.74, 6) is 0. The molecule has 0 bridgehead atoms. The van der Waals surface area contributed by atoms with Crippen molar-refractivity contribution in [1.82, 2.24) is 4.90 Å². The summed E-state index contributed by atoms with van der Waals surface area (Å²) in [6, 6.07) is 0. The van der Waals surface area contributed by atoms with Gasteiger partial charge in [0.2, 0.25) is 0 Å². The molecule has 2 nitrogen and oxygen atoms in total. The molecule has 46 valence electrons. The Morgan fingerprint density at radius 2 is 2.25 bits per heavy atom. The first kappa shape index (κ1) is 5.63. The van der Waals surface area contributed by atoms with E-state index in [9.17, 15) is 0 Å². The lowest BCUT2D eigenvalue weighted by molar-refractivity contribution is -0.0600. The van der Waals surface area contributed by atoms with Gasteiger partial charge in [0.25, 0.3) is 0 Å². The van der Waals surface area contributed by atoms with Crippen molar-refractivity contribution in [1.29, 1.82) is 0 Å². The van der Waals surface area contributed by atoms with Gasteiger partial charge in [-0.15, -0.1) is 0 Å². The second kappa shape index (κ2) is 1.49. The SMILES string of the molecule is C=CN1CC(C)(O)C1. The molecule has 1 fully saturated rings. The number of likely N-dealkylation sites (tertiary alicyclic amines) is 1. The number of β-amino-alcohol motifs (C(OH)–C–C–N with tert-alkyl or cyclic N) is 1. The van der Waals surface area contributed by atoms with Gasteiger partial charge in [-0.25, -0.2) is 0 Å². The van der Waals surface area contributed by atoms with Crippen LogP contribution in [0.15, 0.2) is 12.8 Å². The van der Waals surface area contributed by atoms with E-state index in [-0.39, 0.29) is 0 Å². The van der Waals surface area contributed by atoms with E-state index >= 15 is 0 Å². The van der Waals surface area contributed by atoms with E-state index < -0.39 is 5.60 Å². The molecule has 8 heavy (non-hydrogen) atoms. The minimum Gasteiger partial charge on any atom is -0.386 e. The topological polar surface area (TPSA) is 23.5 Å². The molecule has 0 amide bonds. The highest BCUT2D eigenvalue weighted by Gasteiger charge is 2.33. The molecule has 1 aliphatic heterocycles. The van der Waals surface area contributed by atoms with Crippen molar-refractivity contribution in [3.8, 4) is 0 Å². The standard InChI is InChI=1S/C6H11NO/c1-3-7-4-6(2,8)5-7/h3,8H,1,4-5H2,2H3. The summed E-state index contributed by atoms with van der Waals surface area (Å²) < 4.78 is 0. The third-order valence-corrected chi connectivity index (χ3v) is 1.35. The Kier molecular flexibility index (Phi) is 1.05. The molecule has 0 radical (unpaired) electrons. The zero-order valence-corrected chi connectivity index (χ0v) is 5.09. The van der Waals surface area contributed by atoms with Gasteiger partial charge in [-0.3, -0.25) is 0 Å². The lowest BCUT2D eigenvalue weighted by Crippen LogP contribution is -2.57.